The van der Waals surface area contributed by atoms with Crippen LogP contribution < -0.4 is 31.4 Å². The summed E-state index contributed by atoms with van der Waals surface area (Å²) in [5.41, 5.74) is 22.7. The van der Waals surface area contributed by atoms with Gasteiger partial charge < -0.3 is 46.1 Å². The molecule has 6 N–H and O–H groups in total. The first-order valence-corrected chi connectivity index (χ1v) is 20.2. The second kappa shape index (κ2) is 22.4. The van der Waals surface area contributed by atoms with Crippen molar-refractivity contribution in [1.29, 1.82) is 0 Å². The Bertz CT molecular complexity index is 1960. The van der Waals surface area contributed by atoms with Crippen LogP contribution in [0.25, 0.3) is 0 Å². The fourth-order valence-electron chi connectivity index (χ4n) is 5.42. The molecule has 0 saturated carbocycles. The molecule has 12 heteroatoms. The van der Waals surface area contributed by atoms with Crippen LogP contribution in [0.1, 0.15) is 16.7 Å². The van der Waals surface area contributed by atoms with E-state index in [0.29, 0.717) is 34.3 Å². The van der Waals surface area contributed by atoms with Gasteiger partial charge in [-0.05, 0) is 154 Å². The number of hydrogen-bond acceptors (Lipinski definition) is 9. The van der Waals surface area contributed by atoms with E-state index in [1.807, 2.05) is 139 Å². The molecule has 0 aromatic heterocycles. The Kier molecular flexibility index (Phi) is 17.7. The van der Waals surface area contributed by atoms with Crippen molar-refractivity contribution in [3.8, 4) is 34.5 Å². The summed E-state index contributed by atoms with van der Waals surface area (Å²) in [6, 6.07) is 39.5. The predicted octanol–water partition coefficient (Wildman–Crippen LogP) is 10.7. The summed E-state index contributed by atoms with van der Waals surface area (Å²) in [6.45, 7) is 2.43. The van der Waals surface area contributed by atoms with Gasteiger partial charge in [-0.3, -0.25) is 0 Å². The fourth-order valence-corrected chi connectivity index (χ4v) is 6.45. The van der Waals surface area contributed by atoms with Gasteiger partial charge >= 0.3 is 0 Å². The Hall–Kier alpha value is -4.61. The smallest absolute Gasteiger partial charge is 0.150 e. The summed E-state index contributed by atoms with van der Waals surface area (Å²) in [7, 11) is 12.1. The van der Waals surface area contributed by atoms with Crippen molar-refractivity contribution in [2.75, 3.05) is 59.5 Å². The SMILES string of the molecule is CN(C)Cc1ccccc1Oc1ccc([123I])cc1N.CN(C)Cc1ccccc1Oc1ccc([125I])cc1N.CN(C)Cc1ccccc1Oc1ccc([18F])cc1N. The molecule has 0 aliphatic carbocycles. The average molecular weight is 990 g/mol. The lowest BCUT2D eigenvalue weighted by Gasteiger charge is -2.15. The summed E-state index contributed by atoms with van der Waals surface area (Å²) >= 11 is 4.47. The number of ether oxygens (including phenoxy) is 3. The van der Waals surface area contributed by atoms with Crippen molar-refractivity contribution in [2.24, 2.45) is 0 Å². The third-order valence-electron chi connectivity index (χ3n) is 7.95. The maximum atomic E-state index is 13.0. The van der Waals surface area contributed by atoms with Gasteiger partial charge in [-0.2, -0.15) is 0 Å². The van der Waals surface area contributed by atoms with Crippen molar-refractivity contribution >= 4 is 62.2 Å². The molecule has 0 radical (unpaired) electrons. The van der Waals surface area contributed by atoms with Crippen molar-refractivity contribution < 1.29 is 18.6 Å². The first-order chi connectivity index (χ1) is 27.2. The van der Waals surface area contributed by atoms with Gasteiger partial charge in [-0.25, -0.2) is 4.39 Å². The number of hydrogen-bond donors (Lipinski definition) is 3. The molecule has 0 unspecified atom stereocenters. The van der Waals surface area contributed by atoms with Crippen LogP contribution in [0.15, 0.2) is 127 Å². The number of halogens is 3. The molecule has 0 aliphatic rings. The zero-order valence-corrected chi connectivity index (χ0v) is 37.5. The predicted molar refractivity (Wildman–Crippen MR) is 250 cm³/mol. The van der Waals surface area contributed by atoms with Crippen LogP contribution in [0.5, 0.6) is 34.5 Å². The van der Waals surface area contributed by atoms with Crippen molar-refractivity contribution in [1.82, 2.24) is 14.7 Å². The van der Waals surface area contributed by atoms with Gasteiger partial charge in [0.25, 0.3) is 0 Å². The standard InChI is InChI=1S/C15H17FN2O.2C15H17IN2O/c3*1-18(2)10-11-5-3-4-6-14(11)19-15-8-7-12(16)9-13(15)17/h3*3-9H,10,17H2,1-2H3/i16-1;16-2;16-4. The minimum absolute atomic E-state index is 0.291. The minimum atomic E-state index is -0.369. The zero-order chi connectivity index (χ0) is 41.5. The van der Waals surface area contributed by atoms with E-state index in [1.54, 1.807) is 0 Å². The molecule has 0 saturated heterocycles. The van der Waals surface area contributed by atoms with E-state index in [0.717, 1.165) is 60.7 Å². The molecule has 0 aliphatic heterocycles. The van der Waals surface area contributed by atoms with E-state index in [9.17, 15) is 4.39 Å². The third-order valence-corrected chi connectivity index (χ3v) is 9.29. The zero-order valence-electron chi connectivity index (χ0n) is 33.2. The van der Waals surface area contributed by atoms with Crippen LogP contribution in [0.2, 0.25) is 0 Å². The molecule has 0 spiro atoms. The molecule has 300 valence electrons. The summed E-state index contributed by atoms with van der Waals surface area (Å²) in [6.07, 6.45) is 0. The molecular formula is C45H51FI2N6O3. The fraction of sp³-hybridized carbons (Fsp3) is 0.200. The lowest BCUT2D eigenvalue weighted by Crippen LogP contribution is -2.11. The van der Waals surface area contributed by atoms with Gasteiger partial charge in [0.05, 0.1) is 17.1 Å². The van der Waals surface area contributed by atoms with E-state index in [2.05, 4.69) is 72.0 Å². The Balaban J connectivity index is 0.000000189. The van der Waals surface area contributed by atoms with Crippen LogP contribution in [0.4, 0.5) is 21.5 Å². The number of benzene rings is 6. The quantitative estimate of drug-likeness (QED) is 0.0814. The number of para-hydroxylation sites is 3. The summed E-state index contributed by atoms with van der Waals surface area (Å²) in [5, 5.41) is 0. The first-order valence-electron chi connectivity index (χ1n) is 18.0. The molecule has 6 rings (SSSR count). The third kappa shape index (κ3) is 15.0. The largest absolute Gasteiger partial charge is 0.455 e. The highest BCUT2D eigenvalue weighted by atomic mass is 125. The van der Waals surface area contributed by atoms with Gasteiger partial charge in [0.1, 0.15) is 34.6 Å². The number of nitrogen functional groups attached to an aromatic ring is 3. The summed E-state index contributed by atoms with van der Waals surface area (Å²) < 4.78 is 32.9. The lowest BCUT2D eigenvalue weighted by atomic mass is 10.2. The highest BCUT2D eigenvalue weighted by Gasteiger charge is 2.11. The van der Waals surface area contributed by atoms with Crippen LogP contribution in [0.3, 0.4) is 0 Å². The molecule has 0 bridgehead atoms. The second-order valence-corrected chi connectivity index (χ2v) is 16.4. The molecule has 0 amide bonds. The average Bonchev–Trinajstić information content (AvgIpc) is 3.14. The van der Waals surface area contributed by atoms with Gasteiger partial charge in [0, 0.05) is 49.5 Å². The Morgan fingerprint density at radius 3 is 1.19 bits per heavy atom. The molecule has 0 heterocycles. The van der Waals surface area contributed by atoms with Gasteiger partial charge in [0.2, 0.25) is 0 Å². The molecule has 6 aromatic rings. The van der Waals surface area contributed by atoms with E-state index >= 15 is 0 Å². The molecule has 0 atom stereocenters. The molecule has 0 fully saturated rings. The molecule has 57 heavy (non-hydrogen) atoms. The van der Waals surface area contributed by atoms with E-state index < -0.39 is 0 Å². The van der Waals surface area contributed by atoms with Gasteiger partial charge in [-0.1, -0.05) is 54.6 Å². The second-order valence-electron chi connectivity index (χ2n) is 13.9. The highest BCUT2D eigenvalue weighted by molar-refractivity contribution is 14.1. The number of nitrogens with zero attached hydrogens (tertiary/aromatic N) is 3. The topological polar surface area (TPSA) is 115 Å². The number of rotatable bonds is 12. The monoisotopic (exact) mass is 989 g/mol. The van der Waals surface area contributed by atoms with Crippen molar-refractivity contribution in [3.63, 3.8) is 0 Å². The normalized spacial score (nSPS) is 10.7. The number of nitrogens with two attached hydrogens (primary N) is 3. The van der Waals surface area contributed by atoms with E-state index in [-0.39, 0.29) is 5.82 Å². The van der Waals surface area contributed by atoms with Crippen LogP contribution in [0, 0.1) is 13.0 Å². The van der Waals surface area contributed by atoms with Crippen LogP contribution in [-0.4, -0.2) is 57.0 Å². The maximum Gasteiger partial charge on any atom is 0.150 e. The van der Waals surface area contributed by atoms with Gasteiger partial charge in [0.15, 0.2) is 5.75 Å². The summed E-state index contributed by atoms with van der Waals surface area (Å²) in [5.74, 6) is 3.93. The summed E-state index contributed by atoms with van der Waals surface area (Å²) in [4.78, 5) is 6.27. The molecule has 6 aromatic carbocycles. The van der Waals surface area contributed by atoms with Crippen LogP contribution in [-0.2, 0) is 19.6 Å². The Morgan fingerprint density at radius 2 is 0.825 bits per heavy atom. The maximum absolute atomic E-state index is 13.0. The highest BCUT2D eigenvalue weighted by Crippen LogP contribution is 2.33. The number of anilines is 3. The lowest BCUT2D eigenvalue weighted by molar-refractivity contribution is 0.389. The van der Waals surface area contributed by atoms with Crippen molar-refractivity contribution in [3.05, 3.63) is 157 Å². The van der Waals surface area contributed by atoms with E-state index in [4.69, 9.17) is 31.4 Å². The Labute approximate surface area is 363 Å². The first kappa shape index (κ1) is 45.1. The van der Waals surface area contributed by atoms with Gasteiger partial charge in [-0.15, -0.1) is 0 Å². The van der Waals surface area contributed by atoms with Crippen molar-refractivity contribution in [2.45, 2.75) is 19.6 Å². The Morgan fingerprint density at radius 1 is 0.474 bits per heavy atom. The van der Waals surface area contributed by atoms with E-state index in [1.165, 1.54) is 18.2 Å². The van der Waals surface area contributed by atoms with Crippen LogP contribution >= 0.6 is 45.2 Å². The molecule has 9 nitrogen and oxygen atoms in total. The molecular weight excluding hydrogens is 938 g/mol. The minimum Gasteiger partial charge on any atom is -0.455 e.